The minimum atomic E-state index is -0.205. The largest absolute Gasteiger partial charge is 0.466 e. The molecule has 0 radical (unpaired) electrons. The summed E-state index contributed by atoms with van der Waals surface area (Å²) in [4.78, 5) is 14.3. The van der Waals surface area contributed by atoms with Crippen molar-refractivity contribution in [3.05, 3.63) is 11.4 Å². The molecule has 1 aliphatic rings. The van der Waals surface area contributed by atoms with E-state index in [1.807, 2.05) is 6.92 Å². The fourth-order valence-corrected chi connectivity index (χ4v) is 1.81. The maximum Gasteiger partial charge on any atom is 0.302 e. The Labute approximate surface area is 85.3 Å². The van der Waals surface area contributed by atoms with E-state index in [0.717, 1.165) is 25.7 Å². The van der Waals surface area contributed by atoms with Gasteiger partial charge in [-0.05, 0) is 18.8 Å². The Kier molecular flexibility index (Phi) is 3.51. The van der Waals surface area contributed by atoms with E-state index < -0.39 is 0 Å². The van der Waals surface area contributed by atoms with Crippen LogP contribution in [0.4, 0.5) is 0 Å². The van der Waals surface area contributed by atoms with Crippen LogP contribution in [0.2, 0.25) is 0 Å². The molecule has 0 heterocycles. The number of ether oxygens (including phenoxy) is 1. The van der Waals surface area contributed by atoms with Gasteiger partial charge in [-0.3, -0.25) is 4.79 Å². The zero-order valence-electron chi connectivity index (χ0n) is 8.88. The molecular formula is C11H17NO2. The molecule has 1 fully saturated rings. The molecule has 3 heteroatoms. The molecule has 78 valence electrons. The van der Waals surface area contributed by atoms with Gasteiger partial charge in [0.2, 0.25) is 5.54 Å². The van der Waals surface area contributed by atoms with Gasteiger partial charge in [0.1, 0.15) is 0 Å². The predicted molar refractivity (Wildman–Crippen MR) is 53.6 cm³/mol. The number of carbonyl (C=O) groups is 1. The molecule has 0 N–H and O–H groups in total. The Morgan fingerprint density at radius 2 is 2.14 bits per heavy atom. The lowest BCUT2D eigenvalue weighted by Gasteiger charge is -2.28. The van der Waals surface area contributed by atoms with Gasteiger partial charge in [0, 0.05) is 26.7 Å². The third kappa shape index (κ3) is 3.02. The van der Waals surface area contributed by atoms with E-state index in [2.05, 4.69) is 4.85 Å². The third-order valence-corrected chi connectivity index (χ3v) is 2.97. The molecule has 14 heavy (non-hydrogen) atoms. The zero-order chi connectivity index (χ0) is 10.6. The maximum atomic E-state index is 10.6. The first kappa shape index (κ1) is 11.0. The van der Waals surface area contributed by atoms with Crippen molar-refractivity contribution < 1.29 is 9.53 Å². The second kappa shape index (κ2) is 4.45. The van der Waals surface area contributed by atoms with Crippen LogP contribution in [0, 0.1) is 12.5 Å². The highest BCUT2D eigenvalue weighted by molar-refractivity contribution is 5.65. The van der Waals surface area contributed by atoms with E-state index in [4.69, 9.17) is 11.3 Å². The third-order valence-electron chi connectivity index (χ3n) is 2.97. The van der Waals surface area contributed by atoms with Crippen molar-refractivity contribution in [2.75, 3.05) is 6.61 Å². The summed E-state index contributed by atoms with van der Waals surface area (Å²) in [5, 5.41) is 0. The van der Waals surface area contributed by atoms with Crippen molar-refractivity contribution in [1.29, 1.82) is 0 Å². The first-order valence-electron chi connectivity index (χ1n) is 5.08. The molecule has 0 saturated heterocycles. The van der Waals surface area contributed by atoms with Crippen LogP contribution < -0.4 is 0 Å². The highest BCUT2D eigenvalue weighted by Gasteiger charge is 2.36. The Morgan fingerprint density at radius 1 is 1.57 bits per heavy atom. The van der Waals surface area contributed by atoms with Crippen LogP contribution in [0.25, 0.3) is 4.85 Å². The monoisotopic (exact) mass is 195 g/mol. The smallest absolute Gasteiger partial charge is 0.302 e. The van der Waals surface area contributed by atoms with Crippen molar-refractivity contribution in [1.82, 2.24) is 0 Å². The lowest BCUT2D eigenvalue weighted by Crippen LogP contribution is -2.29. The van der Waals surface area contributed by atoms with Gasteiger partial charge in [0.05, 0.1) is 6.61 Å². The Bertz CT molecular complexity index is 247. The summed E-state index contributed by atoms with van der Waals surface area (Å²) in [6.07, 6.45) is 3.88. The molecule has 0 unspecified atom stereocenters. The van der Waals surface area contributed by atoms with Gasteiger partial charge in [-0.25, -0.2) is 6.57 Å². The van der Waals surface area contributed by atoms with Crippen molar-refractivity contribution >= 4 is 5.97 Å². The molecular weight excluding hydrogens is 178 g/mol. The molecule has 0 aliphatic heterocycles. The van der Waals surface area contributed by atoms with Gasteiger partial charge in [0.25, 0.3) is 0 Å². The average molecular weight is 195 g/mol. The highest BCUT2D eigenvalue weighted by Crippen LogP contribution is 2.34. The number of hydrogen-bond donors (Lipinski definition) is 0. The quantitative estimate of drug-likeness (QED) is 0.500. The Hall–Kier alpha value is -1.04. The van der Waals surface area contributed by atoms with Crippen LogP contribution in [0.3, 0.4) is 0 Å². The number of rotatable bonds is 2. The normalized spacial score (nSPS) is 31.9. The van der Waals surface area contributed by atoms with Crippen molar-refractivity contribution in [3.8, 4) is 0 Å². The number of esters is 1. The minimum absolute atomic E-state index is 0.160. The Morgan fingerprint density at radius 3 is 2.57 bits per heavy atom. The van der Waals surface area contributed by atoms with Crippen LogP contribution in [0.5, 0.6) is 0 Å². The SMILES string of the molecule is [C-]#[N+]C1(C)CCC(COC(C)=O)CC1. The summed E-state index contributed by atoms with van der Waals surface area (Å²) in [6, 6.07) is 0. The first-order valence-corrected chi connectivity index (χ1v) is 5.08. The van der Waals surface area contributed by atoms with E-state index >= 15 is 0 Å². The number of carbonyl (C=O) groups excluding carboxylic acids is 1. The second-order valence-electron chi connectivity index (χ2n) is 4.35. The van der Waals surface area contributed by atoms with Crippen LogP contribution in [0.1, 0.15) is 39.5 Å². The molecule has 1 rings (SSSR count). The summed E-state index contributed by atoms with van der Waals surface area (Å²) >= 11 is 0. The number of hydrogen-bond acceptors (Lipinski definition) is 2. The first-order chi connectivity index (χ1) is 6.56. The lowest BCUT2D eigenvalue weighted by molar-refractivity contribution is -0.142. The van der Waals surface area contributed by atoms with Crippen LogP contribution in [-0.2, 0) is 9.53 Å². The van der Waals surface area contributed by atoms with E-state index in [0.29, 0.717) is 12.5 Å². The molecule has 1 aliphatic carbocycles. The molecule has 0 aromatic carbocycles. The fourth-order valence-electron chi connectivity index (χ4n) is 1.81. The average Bonchev–Trinajstić information content (AvgIpc) is 2.17. The molecule has 0 atom stereocenters. The molecule has 0 amide bonds. The lowest BCUT2D eigenvalue weighted by atomic mass is 9.78. The van der Waals surface area contributed by atoms with Crippen molar-refractivity contribution in [2.45, 2.75) is 45.1 Å². The highest BCUT2D eigenvalue weighted by atomic mass is 16.5. The van der Waals surface area contributed by atoms with Crippen molar-refractivity contribution in [2.24, 2.45) is 5.92 Å². The van der Waals surface area contributed by atoms with E-state index in [-0.39, 0.29) is 11.5 Å². The Balaban J connectivity index is 2.30. The van der Waals surface area contributed by atoms with Crippen LogP contribution in [-0.4, -0.2) is 18.1 Å². The summed E-state index contributed by atoms with van der Waals surface area (Å²) in [7, 11) is 0. The predicted octanol–water partition coefficient (Wildman–Crippen LogP) is 2.42. The van der Waals surface area contributed by atoms with Gasteiger partial charge >= 0.3 is 5.97 Å². The zero-order valence-corrected chi connectivity index (χ0v) is 8.88. The molecule has 0 spiro atoms. The minimum Gasteiger partial charge on any atom is -0.466 e. The van der Waals surface area contributed by atoms with E-state index in [9.17, 15) is 4.79 Å². The van der Waals surface area contributed by atoms with Gasteiger partial charge in [-0.1, -0.05) is 0 Å². The van der Waals surface area contributed by atoms with Gasteiger partial charge in [0.15, 0.2) is 0 Å². The number of nitrogens with zero attached hydrogens (tertiary/aromatic N) is 1. The summed E-state index contributed by atoms with van der Waals surface area (Å²) in [5.41, 5.74) is -0.160. The van der Waals surface area contributed by atoms with Crippen LogP contribution in [0.15, 0.2) is 0 Å². The van der Waals surface area contributed by atoms with Gasteiger partial charge in [-0.2, -0.15) is 0 Å². The molecule has 1 saturated carbocycles. The molecule has 0 aromatic rings. The van der Waals surface area contributed by atoms with E-state index in [1.54, 1.807) is 0 Å². The molecule has 3 nitrogen and oxygen atoms in total. The maximum absolute atomic E-state index is 10.6. The second-order valence-corrected chi connectivity index (χ2v) is 4.35. The fraction of sp³-hybridized carbons (Fsp3) is 0.818. The molecule has 0 bridgehead atoms. The van der Waals surface area contributed by atoms with Gasteiger partial charge in [-0.15, -0.1) is 0 Å². The van der Waals surface area contributed by atoms with Gasteiger partial charge < -0.3 is 9.58 Å². The molecule has 0 aromatic heterocycles. The van der Waals surface area contributed by atoms with Crippen LogP contribution >= 0.6 is 0 Å². The summed E-state index contributed by atoms with van der Waals surface area (Å²) < 4.78 is 4.97. The van der Waals surface area contributed by atoms with E-state index in [1.165, 1.54) is 6.92 Å². The summed E-state index contributed by atoms with van der Waals surface area (Å²) in [6.45, 7) is 11.1. The topological polar surface area (TPSA) is 30.7 Å². The standard InChI is InChI=1S/C11H17NO2/c1-9(13)14-8-10-4-6-11(2,12-3)7-5-10/h10H,4-8H2,1-2H3. The van der Waals surface area contributed by atoms with Crippen molar-refractivity contribution in [3.63, 3.8) is 0 Å². The summed E-state index contributed by atoms with van der Waals surface area (Å²) in [5.74, 6) is 0.261.